The Morgan fingerprint density at radius 1 is 1.24 bits per heavy atom. The molecule has 5 heteroatoms. The summed E-state index contributed by atoms with van der Waals surface area (Å²) in [6, 6.07) is 0. The van der Waals surface area contributed by atoms with Crippen molar-refractivity contribution < 1.29 is 24.8 Å². The molecule has 0 aliphatic carbocycles. The molecule has 0 aromatic heterocycles. The number of aliphatic hydroxyl groups excluding tert-OH is 3. The van der Waals surface area contributed by atoms with Gasteiger partial charge in [-0.25, -0.2) is 0 Å². The van der Waals surface area contributed by atoms with Gasteiger partial charge in [0.1, 0.15) is 24.4 Å². The molecule has 1 fully saturated rings. The van der Waals surface area contributed by atoms with Gasteiger partial charge in [-0.1, -0.05) is 26.2 Å². The fourth-order valence-corrected chi connectivity index (χ4v) is 1.97. The Bertz CT molecular complexity index is 199. The quantitative estimate of drug-likeness (QED) is 0.555. The highest BCUT2D eigenvalue weighted by molar-refractivity contribution is 4.87. The molecule has 1 saturated heterocycles. The van der Waals surface area contributed by atoms with Crippen LogP contribution in [0.15, 0.2) is 0 Å². The first-order valence-electron chi connectivity index (χ1n) is 6.40. The third-order valence-electron chi connectivity index (χ3n) is 3.07. The first-order valence-corrected chi connectivity index (χ1v) is 6.40. The van der Waals surface area contributed by atoms with Crippen LogP contribution < -0.4 is 0 Å². The van der Waals surface area contributed by atoms with E-state index in [1.165, 1.54) is 6.42 Å². The van der Waals surface area contributed by atoms with Gasteiger partial charge in [0.15, 0.2) is 0 Å². The van der Waals surface area contributed by atoms with Crippen molar-refractivity contribution >= 4 is 0 Å². The molecule has 5 nitrogen and oxygen atoms in total. The van der Waals surface area contributed by atoms with Crippen LogP contribution in [0.2, 0.25) is 0 Å². The average molecular weight is 248 g/mol. The van der Waals surface area contributed by atoms with Crippen LogP contribution in [0.4, 0.5) is 0 Å². The Morgan fingerprint density at radius 3 is 2.65 bits per heavy atom. The maximum atomic E-state index is 9.83. The van der Waals surface area contributed by atoms with Crippen molar-refractivity contribution in [3.05, 3.63) is 0 Å². The van der Waals surface area contributed by atoms with E-state index >= 15 is 0 Å². The number of ether oxygens (including phenoxy) is 2. The van der Waals surface area contributed by atoms with Crippen molar-refractivity contribution in [2.45, 2.75) is 57.0 Å². The first kappa shape index (κ1) is 14.9. The molecule has 17 heavy (non-hydrogen) atoms. The van der Waals surface area contributed by atoms with Gasteiger partial charge in [0.25, 0.3) is 0 Å². The molecule has 0 saturated carbocycles. The Morgan fingerprint density at radius 2 is 2.00 bits per heavy atom. The predicted octanol–water partition coefficient (Wildman–Crippen LogP) is 0.0648. The topological polar surface area (TPSA) is 79.2 Å². The van der Waals surface area contributed by atoms with Crippen LogP contribution in [0.3, 0.4) is 0 Å². The molecule has 4 unspecified atom stereocenters. The Labute approximate surface area is 102 Å². The lowest BCUT2D eigenvalue weighted by Crippen LogP contribution is -2.55. The third-order valence-corrected chi connectivity index (χ3v) is 3.07. The van der Waals surface area contributed by atoms with E-state index < -0.39 is 24.4 Å². The fourth-order valence-electron chi connectivity index (χ4n) is 1.97. The number of hydrogen-bond acceptors (Lipinski definition) is 5. The average Bonchev–Trinajstić information content (AvgIpc) is 2.33. The van der Waals surface area contributed by atoms with E-state index in [4.69, 9.17) is 14.6 Å². The summed E-state index contributed by atoms with van der Waals surface area (Å²) >= 11 is 0. The molecule has 1 rings (SSSR count). The van der Waals surface area contributed by atoms with Crippen LogP contribution in [0.25, 0.3) is 0 Å². The van der Waals surface area contributed by atoms with Gasteiger partial charge in [-0.15, -0.1) is 0 Å². The second-order valence-corrected chi connectivity index (χ2v) is 4.51. The maximum absolute atomic E-state index is 9.83. The first-order chi connectivity index (χ1) is 8.20. The molecule has 1 aliphatic heterocycles. The van der Waals surface area contributed by atoms with Gasteiger partial charge >= 0.3 is 0 Å². The fraction of sp³-hybridized carbons (Fsp3) is 1.00. The minimum absolute atomic E-state index is 0.0991. The zero-order valence-electron chi connectivity index (χ0n) is 10.4. The van der Waals surface area contributed by atoms with Gasteiger partial charge in [0.05, 0.1) is 13.2 Å². The molecule has 3 N–H and O–H groups in total. The molecular formula is C12H24O5. The summed E-state index contributed by atoms with van der Waals surface area (Å²) in [6.07, 6.45) is 1.26. The predicted molar refractivity (Wildman–Crippen MR) is 62.7 cm³/mol. The minimum Gasteiger partial charge on any atom is -0.394 e. The van der Waals surface area contributed by atoms with Crippen molar-refractivity contribution in [2.75, 3.05) is 19.8 Å². The van der Waals surface area contributed by atoms with Crippen molar-refractivity contribution in [3.8, 4) is 0 Å². The van der Waals surface area contributed by atoms with Crippen LogP contribution in [-0.2, 0) is 9.47 Å². The van der Waals surface area contributed by atoms with E-state index in [0.29, 0.717) is 6.61 Å². The zero-order valence-corrected chi connectivity index (χ0v) is 10.4. The third kappa shape index (κ3) is 4.52. The normalized spacial score (nSPS) is 33.9. The van der Waals surface area contributed by atoms with E-state index in [1.54, 1.807) is 0 Å². The van der Waals surface area contributed by atoms with Crippen molar-refractivity contribution in [2.24, 2.45) is 0 Å². The lowest BCUT2D eigenvalue weighted by molar-refractivity contribution is -0.210. The molecule has 0 aromatic rings. The molecule has 0 amide bonds. The molecule has 102 valence electrons. The monoisotopic (exact) mass is 248 g/mol. The van der Waals surface area contributed by atoms with E-state index in [9.17, 15) is 10.2 Å². The van der Waals surface area contributed by atoms with Crippen molar-refractivity contribution in [3.63, 3.8) is 0 Å². The molecule has 1 heterocycles. The number of aliphatic hydroxyl groups is 3. The highest BCUT2D eigenvalue weighted by Gasteiger charge is 2.38. The highest BCUT2D eigenvalue weighted by atomic mass is 16.6. The van der Waals surface area contributed by atoms with Gasteiger partial charge in [0.2, 0.25) is 0 Å². The van der Waals surface area contributed by atoms with E-state index in [1.807, 2.05) is 0 Å². The minimum atomic E-state index is -0.963. The van der Waals surface area contributed by atoms with Gasteiger partial charge in [-0.3, -0.25) is 0 Å². The van der Waals surface area contributed by atoms with Crippen LogP contribution in [0.1, 0.15) is 32.6 Å². The SMILES string of the molecule is CCCCCCOC1C(O)COC(CO)C1O. The molecule has 0 spiro atoms. The summed E-state index contributed by atoms with van der Waals surface area (Å²) in [6.45, 7) is 2.50. The highest BCUT2D eigenvalue weighted by Crippen LogP contribution is 2.18. The standard InChI is InChI=1S/C12H24O5/c1-2-3-4-5-6-16-12-9(14)8-17-10(7-13)11(12)15/h9-15H,2-8H2,1H3. The Kier molecular flexibility index (Phi) is 6.99. The van der Waals surface area contributed by atoms with Crippen LogP contribution in [0, 0.1) is 0 Å². The number of hydrogen-bond donors (Lipinski definition) is 3. The summed E-state index contributed by atoms with van der Waals surface area (Å²) in [7, 11) is 0. The smallest absolute Gasteiger partial charge is 0.114 e. The summed E-state index contributed by atoms with van der Waals surface area (Å²) in [5.41, 5.74) is 0. The van der Waals surface area contributed by atoms with E-state index in [-0.39, 0.29) is 13.2 Å². The molecule has 0 bridgehead atoms. The second-order valence-electron chi connectivity index (χ2n) is 4.51. The van der Waals surface area contributed by atoms with Gasteiger partial charge in [0, 0.05) is 6.61 Å². The molecule has 0 aromatic carbocycles. The van der Waals surface area contributed by atoms with E-state index in [2.05, 4.69) is 6.92 Å². The summed E-state index contributed by atoms with van der Waals surface area (Å²) in [4.78, 5) is 0. The van der Waals surface area contributed by atoms with Crippen LogP contribution in [-0.4, -0.2) is 59.6 Å². The van der Waals surface area contributed by atoms with Crippen LogP contribution >= 0.6 is 0 Å². The van der Waals surface area contributed by atoms with E-state index in [0.717, 1.165) is 19.3 Å². The zero-order chi connectivity index (χ0) is 12.7. The summed E-state index contributed by atoms with van der Waals surface area (Å²) < 4.78 is 10.6. The summed E-state index contributed by atoms with van der Waals surface area (Å²) in [5, 5.41) is 28.5. The lowest BCUT2D eigenvalue weighted by atomic mass is 10.0. The maximum Gasteiger partial charge on any atom is 0.114 e. The van der Waals surface area contributed by atoms with Crippen molar-refractivity contribution in [1.29, 1.82) is 0 Å². The Balaban J connectivity index is 2.28. The van der Waals surface area contributed by atoms with Gasteiger partial charge in [-0.2, -0.15) is 0 Å². The van der Waals surface area contributed by atoms with Gasteiger partial charge in [-0.05, 0) is 6.42 Å². The van der Waals surface area contributed by atoms with Gasteiger partial charge < -0.3 is 24.8 Å². The Hall–Kier alpha value is -0.200. The number of unbranched alkanes of at least 4 members (excludes halogenated alkanes) is 3. The lowest BCUT2D eigenvalue weighted by Gasteiger charge is -2.37. The number of rotatable bonds is 7. The summed E-state index contributed by atoms with van der Waals surface area (Å²) in [5.74, 6) is 0. The largest absolute Gasteiger partial charge is 0.394 e. The molecule has 4 atom stereocenters. The van der Waals surface area contributed by atoms with Crippen LogP contribution in [0.5, 0.6) is 0 Å². The molecule has 1 aliphatic rings. The molecule has 0 radical (unpaired) electrons. The molecular weight excluding hydrogens is 224 g/mol. The second kappa shape index (κ2) is 8.00. The van der Waals surface area contributed by atoms with Crippen molar-refractivity contribution in [1.82, 2.24) is 0 Å².